The van der Waals surface area contributed by atoms with Gasteiger partial charge < -0.3 is 10.2 Å². The van der Waals surface area contributed by atoms with E-state index in [-0.39, 0.29) is 0 Å². The summed E-state index contributed by atoms with van der Waals surface area (Å²) in [4.78, 5) is 24.9. The van der Waals surface area contributed by atoms with Gasteiger partial charge in [0.1, 0.15) is 5.82 Å². The Bertz CT molecular complexity index is 502. The number of carbonyl (C=O) groups excluding carboxylic acids is 2. The Morgan fingerprint density at radius 1 is 1.26 bits per heavy atom. The van der Waals surface area contributed by atoms with Crippen LogP contribution in [0.15, 0.2) is 18.2 Å². The third kappa shape index (κ3) is 2.81. The number of nitrogens with zero attached hydrogens (tertiary/aromatic N) is 1. The van der Waals surface area contributed by atoms with E-state index in [9.17, 15) is 14.0 Å². The van der Waals surface area contributed by atoms with Gasteiger partial charge >= 0.3 is 0 Å². The van der Waals surface area contributed by atoms with Gasteiger partial charge in [-0.1, -0.05) is 6.92 Å². The molecule has 1 aromatic carbocycles. The van der Waals surface area contributed by atoms with Crippen LogP contribution in [-0.4, -0.2) is 31.3 Å². The number of fused-ring (bicyclic) bond motifs is 1. The zero-order chi connectivity index (χ0) is 13.8. The minimum absolute atomic E-state index is 0.299. The second kappa shape index (κ2) is 5.93. The summed E-state index contributed by atoms with van der Waals surface area (Å²) in [5, 5.41) is 3.22. The molecule has 0 unspecified atom stereocenters. The van der Waals surface area contributed by atoms with Crippen LogP contribution < -0.4 is 10.2 Å². The Morgan fingerprint density at radius 2 is 2.05 bits per heavy atom. The van der Waals surface area contributed by atoms with Crippen molar-refractivity contribution in [3.63, 3.8) is 0 Å². The van der Waals surface area contributed by atoms with Crippen LogP contribution in [0, 0.1) is 5.82 Å². The highest BCUT2D eigenvalue weighted by molar-refractivity contribution is 6.52. The van der Waals surface area contributed by atoms with Crippen molar-refractivity contribution in [2.75, 3.05) is 24.5 Å². The lowest BCUT2D eigenvalue weighted by Crippen LogP contribution is -2.32. The molecule has 1 aromatic rings. The van der Waals surface area contributed by atoms with Crippen LogP contribution in [0.2, 0.25) is 0 Å². The second-order valence-corrected chi connectivity index (χ2v) is 4.55. The normalized spacial score (nSPS) is 14.1. The first kappa shape index (κ1) is 13.7. The number of anilines is 1. The molecule has 1 aliphatic heterocycles. The smallest absolute Gasteiger partial charge is 0.299 e. The fourth-order valence-electron chi connectivity index (χ4n) is 2.15. The number of amides is 1. The maximum Gasteiger partial charge on any atom is 0.299 e. The Hall–Kier alpha value is -1.75. The Kier molecular flexibility index (Phi) is 4.27. The molecule has 5 heteroatoms. The van der Waals surface area contributed by atoms with Crippen LogP contribution in [0.4, 0.5) is 10.1 Å². The summed E-state index contributed by atoms with van der Waals surface area (Å²) < 4.78 is 13.2. The molecule has 102 valence electrons. The minimum atomic E-state index is -0.559. The fourth-order valence-corrected chi connectivity index (χ4v) is 2.15. The Labute approximate surface area is 111 Å². The molecule has 2 rings (SSSR count). The molecule has 0 spiro atoms. The summed E-state index contributed by atoms with van der Waals surface area (Å²) in [6, 6.07) is 3.83. The van der Waals surface area contributed by atoms with Crippen molar-refractivity contribution in [1.29, 1.82) is 0 Å². The number of carbonyl (C=O) groups is 2. The lowest BCUT2D eigenvalue weighted by molar-refractivity contribution is -0.114. The van der Waals surface area contributed by atoms with Gasteiger partial charge in [0.15, 0.2) is 0 Å². The molecule has 0 aliphatic carbocycles. The topological polar surface area (TPSA) is 49.4 Å². The minimum Gasteiger partial charge on any atom is -0.317 e. The van der Waals surface area contributed by atoms with Crippen LogP contribution in [0.25, 0.3) is 0 Å². The average molecular weight is 264 g/mol. The number of Topliss-reactive ketones (excluding diaryl/α,β-unsaturated/α-hetero) is 1. The molecule has 0 saturated heterocycles. The lowest BCUT2D eigenvalue weighted by atomic mass is 10.1. The van der Waals surface area contributed by atoms with Gasteiger partial charge in [-0.3, -0.25) is 9.59 Å². The number of benzene rings is 1. The number of rotatable bonds is 6. The molecular weight excluding hydrogens is 247 g/mol. The second-order valence-electron chi connectivity index (χ2n) is 4.55. The van der Waals surface area contributed by atoms with E-state index in [1.807, 2.05) is 0 Å². The van der Waals surface area contributed by atoms with Gasteiger partial charge in [-0.15, -0.1) is 0 Å². The van der Waals surface area contributed by atoms with Crippen LogP contribution >= 0.6 is 0 Å². The number of ketones is 1. The number of hydrogen-bond acceptors (Lipinski definition) is 3. The SMILES string of the molecule is CCCNCCCN1C(=O)C(=O)c2ccc(F)cc21. The van der Waals surface area contributed by atoms with Gasteiger partial charge in [-0.2, -0.15) is 0 Å². The van der Waals surface area contributed by atoms with Crippen LogP contribution in [-0.2, 0) is 4.79 Å². The molecule has 0 bridgehead atoms. The molecule has 0 fully saturated rings. The van der Waals surface area contributed by atoms with E-state index in [1.54, 1.807) is 0 Å². The largest absolute Gasteiger partial charge is 0.317 e. The van der Waals surface area contributed by atoms with Gasteiger partial charge in [0.25, 0.3) is 11.7 Å². The predicted molar refractivity (Wildman–Crippen MR) is 70.9 cm³/mol. The number of nitrogens with one attached hydrogen (secondary N) is 1. The fraction of sp³-hybridized carbons (Fsp3) is 0.429. The van der Waals surface area contributed by atoms with Gasteiger partial charge in [0, 0.05) is 6.54 Å². The maximum absolute atomic E-state index is 13.2. The molecule has 1 amide bonds. The maximum atomic E-state index is 13.2. The molecule has 1 heterocycles. The molecule has 19 heavy (non-hydrogen) atoms. The molecular formula is C14H17FN2O2. The first-order chi connectivity index (χ1) is 9.15. The van der Waals surface area contributed by atoms with Crippen LogP contribution in [0.1, 0.15) is 30.1 Å². The third-order valence-corrected chi connectivity index (χ3v) is 3.10. The standard InChI is InChI=1S/C14H17FN2O2/c1-2-6-16-7-3-8-17-12-9-10(15)4-5-11(12)13(18)14(17)19/h4-5,9,16H,2-3,6-8H2,1H3. The molecule has 0 radical (unpaired) electrons. The van der Waals surface area contributed by atoms with E-state index in [2.05, 4.69) is 12.2 Å². The van der Waals surface area contributed by atoms with Crippen molar-refractivity contribution in [3.8, 4) is 0 Å². The number of hydrogen-bond donors (Lipinski definition) is 1. The zero-order valence-corrected chi connectivity index (χ0v) is 10.9. The van der Waals surface area contributed by atoms with Crippen molar-refractivity contribution < 1.29 is 14.0 Å². The quantitative estimate of drug-likeness (QED) is 0.629. The molecule has 0 saturated carbocycles. The molecule has 1 N–H and O–H groups in total. The van der Waals surface area contributed by atoms with E-state index < -0.39 is 17.5 Å². The molecule has 4 nitrogen and oxygen atoms in total. The van der Waals surface area contributed by atoms with E-state index in [0.29, 0.717) is 17.8 Å². The van der Waals surface area contributed by atoms with Crippen LogP contribution in [0.3, 0.4) is 0 Å². The summed E-state index contributed by atoms with van der Waals surface area (Å²) in [5.41, 5.74) is 0.693. The number of halogens is 1. The summed E-state index contributed by atoms with van der Waals surface area (Å²) in [6.07, 6.45) is 1.78. The Morgan fingerprint density at radius 3 is 2.79 bits per heavy atom. The summed E-state index contributed by atoms with van der Waals surface area (Å²) >= 11 is 0. The average Bonchev–Trinajstić information content (AvgIpc) is 2.63. The Balaban J connectivity index is 2.04. The highest BCUT2D eigenvalue weighted by Gasteiger charge is 2.35. The van der Waals surface area contributed by atoms with Gasteiger partial charge in [0.2, 0.25) is 0 Å². The third-order valence-electron chi connectivity index (χ3n) is 3.10. The predicted octanol–water partition coefficient (Wildman–Crippen LogP) is 1.74. The first-order valence-electron chi connectivity index (χ1n) is 6.51. The van der Waals surface area contributed by atoms with E-state index in [0.717, 1.165) is 25.9 Å². The van der Waals surface area contributed by atoms with Crippen molar-refractivity contribution >= 4 is 17.4 Å². The van der Waals surface area contributed by atoms with E-state index in [4.69, 9.17) is 0 Å². The monoisotopic (exact) mass is 264 g/mol. The molecule has 1 aliphatic rings. The first-order valence-corrected chi connectivity index (χ1v) is 6.51. The van der Waals surface area contributed by atoms with Crippen LogP contribution in [0.5, 0.6) is 0 Å². The lowest BCUT2D eigenvalue weighted by Gasteiger charge is -2.16. The molecule has 0 atom stereocenters. The van der Waals surface area contributed by atoms with Crippen molar-refractivity contribution in [2.45, 2.75) is 19.8 Å². The highest BCUT2D eigenvalue weighted by atomic mass is 19.1. The van der Waals surface area contributed by atoms with Crippen molar-refractivity contribution in [1.82, 2.24) is 5.32 Å². The van der Waals surface area contributed by atoms with Crippen molar-refractivity contribution in [3.05, 3.63) is 29.6 Å². The van der Waals surface area contributed by atoms with Gasteiger partial charge in [0.05, 0.1) is 11.3 Å². The molecule has 0 aromatic heterocycles. The highest BCUT2D eigenvalue weighted by Crippen LogP contribution is 2.29. The van der Waals surface area contributed by atoms with E-state index >= 15 is 0 Å². The summed E-state index contributed by atoms with van der Waals surface area (Å²) in [7, 11) is 0. The van der Waals surface area contributed by atoms with E-state index in [1.165, 1.54) is 23.1 Å². The van der Waals surface area contributed by atoms with Crippen molar-refractivity contribution in [2.24, 2.45) is 0 Å². The van der Waals surface area contributed by atoms with Gasteiger partial charge in [-0.05, 0) is 44.1 Å². The van der Waals surface area contributed by atoms with Gasteiger partial charge in [-0.25, -0.2) is 4.39 Å². The summed E-state index contributed by atoms with van der Waals surface area (Å²) in [5.74, 6) is -1.54. The zero-order valence-electron chi connectivity index (χ0n) is 10.9. The summed E-state index contributed by atoms with van der Waals surface area (Å²) in [6.45, 7) is 4.21.